The SMILES string of the molecule is C[C@H](NC(=O)Cn1nnc(-c2ccccc2Cl)n1)c1ccco1. The number of carbonyl (C=O) groups is 1. The lowest BCUT2D eigenvalue weighted by atomic mass is 10.2. The highest BCUT2D eigenvalue weighted by molar-refractivity contribution is 6.33. The molecule has 2 heterocycles. The molecule has 3 rings (SSSR count). The fourth-order valence-corrected chi connectivity index (χ4v) is 2.31. The summed E-state index contributed by atoms with van der Waals surface area (Å²) >= 11 is 6.09. The number of carbonyl (C=O) groups excluding carboxylic acids is 1. The van der Waals surface area contributed by atoms with Crippen molar-refractivity contribution in [2.24, 2.45) is 0 Å². The van der Waals surface area contributed by atoms with Crippen LogP contribution in [0.1, 0.15) is 18.7 Å². The van der Waals surface area contributed by atoms with Gasteiger partial charge < -0.3 is 9.73 Å². The van der Waals surface area contributed by atoms with Crippen LogP contribution in [0.4, 0.5) is 0 Å². The molecule has 1 atom stereocenters. The van der Waals surface area contributed by atoms with Gasteiger partial charge in [0.1, 0.15) is 12.3 Å². The Kier molecular flexibility index (Phi) is 4.38. The highest BCUT2D eigenvalue weighted by atomic mass is 35.5. The summed E-state index contributed by atoms with van der Waals surface area (Å²) in [5.41, 5.74) is 0.671. The Bertz CT molecular complexity index is 800. The number of halogens is 1. The minimum atomic E-state index is -0.239. The third-order valence-electron chi connectivity index (χ3n) is 3.20. The maximum atomic E-state index is 12.0. The topological polar surface area (TPSA) is 85.8 Å². The van der Waals surface area contributed by atoms with Gasteiger partial charge in [0.25, 0.3) is 0 Å². The van der Waals surface area contributed by atoms with Crippen molar-refractivity contribution in [3.8, 4) is 11.4 Å². The fraction of sp³-hybridized carbons (Fsp3) is 0.200. The van der Waals surface area contributed by atoms with Crippen molar-refractivity contribution in [2.45, 2.75) is 19.5 Å². The Morgan fingerprint density at radius 3 is 2.91 bits per heavy atom. The van der Waals surface area contributed by atoms with E-state index in [1.807, 2.05) is 19.1 Å². The molecule has 118 valence electrons. The van der Waals surface area contributed by atoms with Gasteiger partial charge in [0.05, 0.1) is 17.3 Å². The molecule has 0 aliphatic rings. The second-order valence-electron chi connectivity index (χ2n) is 4.93. The minimum absolute atomic E-state index is 0.0392. The van der Waals surface area contributed by atoms with Crippen LogP contribution in [0.5, 0.6) is 0 Å². The van der Waals surface area contributed by atoms with Crippen LogP contribution in [0.15, 0.2) is 47.1 Å². The summed E-state index contributed by atoms with van der Waals surface area (Å²) in [7, 11) is 0. The van der Waals surface area contributed by atoms with Crippen molar-refractivity contribution in [1.29, 1.82) is 0 Å². The van der Waals surface area contributed by atoms with Gasteiger partial charge in [-0.15, -0.1) is 10.2 Å². The molecule has 0 saturated heterocycles. The maximum Gasteiger partial charge on any atom is 0.244 e. The lowest BCUT2D eigenvalue weighted by Crippen LogP contribution is -2.30. The first kappa shape index (κ1) is 15.2. The average Bonchev–Trinajstić information content (AvgIpc) is 3.19. The number of hydrogen-bond donors (Lipinski definition) is 1. The smallest absolute Gasteiger partial charge is 0.244 e. The quantitative estimate of drug-likeness (QED) is 0.776. The Hall–Kier alpha value is -2.67. The number of aromatic nitrogens is 4. The van der Waals surface area contributed by atoms with Crippen molar-refractivity contribution in [2.75, 3.05) is 0 Å². The van der Waals surface area contributed by atoms with Gasteiger partial charge in [-0.3, -0.25) is 4.79 Å². The van der Waals surface area contributed by atoms with Gasteiger partial charge in [0.2, 0.25) is 11.7 Å². The molecule has 8 heteroatoms. The van der Waals surface area contributed by atoms with Crippen LogP contribution in [0.3, 0.4) is 0 Å². The minimum Gasteiger partial charge on any atom is -0.467 e. The van der Waals surface area contributed by atoms with Gasteiger partial charge >= 0.3 is 0 Å². The zero-order valence-corrected chi connectivity index (χ0v) is 13.1. The molecule has 23 heavy (non-hydrogen) atoms. The average molecular weight is 332 g/mol. The van der Waals surface area contributed by atoms with E-state index in [0.29, 0.717) is 22.2 Å². The number of nitrogens with one attached hydrogen (secondary N) is 1. The lowest BCUT2D eigenvalue weighted by Gasteiger charge is -2.10. The molecule has 0 unspecified atom stereocenters. The van der Waals surface area contributed by atoms with E-state index in [2.05, 4.69) is 20.7 Å². The van der Waals surface area contributed by atoms with Crippen LogP contribution >= 0.6 is 11.6 Å². The summed E-state index contributed by atoms with van der Waals surface area (Å²) in [6, 6.07) is 10.5. The van der Waals surface area contributed by atoms with Crippen LogP contribution < -0.4 is 5.32 Å². The van der Waals surface area contributed by atoms with E-state index >= 15 is 0 Å². The molecule has 0 saturated carbocycles. The molecule has 0 bridgehead atoms. The summed E-state index contributed by atoms with van der Waals surface area (Å²) in [6.07, 6.45) is 1.56. The molecule has 1 aromatic carbocycles. The molecule has 0 aliphatic heterocycles. The predicted molar refractivity (Wildman–Crippen MR) is 83.5 cm³/mol. The van der Waals surface area contributed by atoms with E-state index in [9.17, 15) is 4.79 Å². The first-order valence-electron chi connectivity index (χ1n) is 6.99. The van der Waals surface area contributed by atoms with E-state index in [4.69, 9.17) is 16.0 Å². The number of hydrogen-bond acceptors (Lipinski definition) is 5. The van der Waals surface area contributed by atoms with Crippen LogP contribution in [-0.2, 0) is 11.3 Å². The third kappa shape index (κ3) is 3.57. The monoisotopic (exact) mass is 331 g/mol. The fourth-order valence-electron chi connectivity index (χ4n) is 2.08. The zero-order valence-electron chi connectivity index (χ0n) is 12.3. The highest BCUT2D eigenvalue weighted by Gasteiger charge is 2.14. The molecule has 7 nitrogen and oxygen atoms in total. The normalized spacial score (nSPS) is 12.1. The molecule has 0 spiro atoms. The summed E-state index contributed by atoms with van der Waals surface area (Å²) in [4.78, 5) is 13.2. The summed E-state index contributed by atoms with van der Waals surface area (Å²) < 4.78 is 5.24. The van der Waals surface area contributed by atoms with Gasteiger partial charge in [-0.1, -0.05) is 23.7 Å². The molecule has 1 amide bonds. The zero-order chi connectivity index (χ0) is 16.2. The molecular formula is C15H14ClN5O2. The van der Waals surface area contributed by atoms with Gasteiger partial charge in [-0.2, -0.15) is 4.80 Å². The summed E-state index contributed by atoms with van der Waals surface area (Å²) in [6.45, 7) is 1.79. The standard InChI is InChI=1S/C15H14ClN5O2/c1-10(13-7-4-8-23-13)17-14(22)9-21-19-15(18-20-21)11-5-2-3-6-12(11)16/h2-8,10H,9H2,1H3,(H,17,22)/t10-/m0/s1. The Morgan fingerprint density at radius 1 is 1.35 bits per heavy atom. The second kappa shape index (κ2) is 6.62. The number of furan rings is 1. The van der Waals surface area contributed by atoms with E-state index in [-0.39, 0.29) is 18.5 Å². The maximum absolute atomic E-state index is 12.0. The van der Waals surface area contributed by atoms with Gasteiger partial charge in [-0.25, -0.2) is 0 Å². The predicted octanol–water partition coefficient (Wildman–Crippen LogP) is 2.46. The Morgan fingerprint density at radius 2 is 2.17 bits per heavy atom. The van der Waals surface area contributed by atoms with E-state index in [1.54, 1.807) is 30.5 Å². The number of nitrogens with zero attached hydrogens (tertiary/aromatic N) is 4. The van der Waals surface area contributed by atoms with Crippen molar-refractivity contribution in [3.05, 3.63) is 53.4 Å². The molecular weight excluding hydrogens is 318 g/mol. The highest BCUT2D eigenvalue weighted by Crippen LogP contribution is 2.23. The Balaban J connectivity index is 1.65. The van der Waals surface area contributed by atoms with Crippen LogP contribution in [0.2, 0.25) is 5.02 Å². The number of tetrazole rings is 1. The molecule has 3 aromatic rings. The molecule has 0 radical (unpaired) electrons. The number of amides is 1. The van der Waals surface area contributed by atoms with Gasteiger partial charge in [0, 0.05) is 5.56 Å². The van der Waals surface area contributed by atoms with Crippen molar-refractivity contribution >= 4 is 17.5 Å². The molecule has 2 aromatic heterocycles. The molecule has 1 N–H and O–H groups in total. The first-order valence-corrected chi connectivity index (χ1v) is 7.37. The number of benzene rings is 1. The van der Waals surface area contributed by atoms with E-state index < -0.39 is 0 Å². The summed E-state index contributed by atoms with van der Waals surface area (Å²) in [5.74, 6) is 0.821. The number of rotatable bonds is 5. The summed E-state index contributed by atoms with van der Waals surface area (Å²) in [5, 5.41) is 15.3. The first-order chi connectivity index (χ1) is 11.1. The lowest BCUT2D eigenvalue weighted by molar-refractivity contribution is -0.122. The molecule has 0 fully saturated rings. The Labute approximate surface area is 137 Å². The van der Waals surface area contributed by atoms with Gasteiger partial charge in [0.15, 0.2) is 0 Å². The third-order valence-corrected chi connectivity index (χ3v) is 3.53. The van der Waals surface area contributed by atoms with Crippen molar-refractivity contribution in [1.82, 2.24) is 25.5 Å². The van der Waals surface area contributed by atoms with Crippen molar-refractivity contribution < 1.29 is 9.21 Å². The van der Waals surface area contributed by atoms with Crippen LogP contribution in [-0.4, -0.2) is 26.1 Å². The van der Waals surface area contributed by atoms with Crippen LogP contribution in [0.25, 0.3) is 11.4 Å². The van der Waals surface area contributed by atoms with Crippen molar-refractivity contribution in [3.63, 3.8) is 0 Å². The van der Waals surface area contributed by atoms with Gasteiger partial charge in [-0.05, 0) is 36.4 Å². The largest absolute Gasteiger partial charge is 0.467 e. The second-order valence-corrected chi connectivity index (χ2v) is 5.34. The van der Waals surface area contributed by atoms with E-state index in [0.717, 1.165) is 0 Å². The van der Waals surface area contributed by atoms with E-state index in [1.165, 1.54) is 4.80 Å². The molecule has 0 aliphatic carbocycles. The van der Waals surface area contributed by atoms with Crippen LogP contribution in [0, 0.1) is 0 Å².